The smallest absolute Gasteiger partial charge is 0.406 e. The van der Waals surface area contributed by atoms with Crippen molar-refractivity contribution in [3.63, 3.8) is 0 Å². The van der Waals surface area contributed by atoms with Crippen molar-refractivity contribution in [2.24, 2.45) is 5.92 Å². The molecule has 2 atom stereocenters. The van der Waals surface area contributed by atoms with Crippen molar-refractivity contribution >= 4 is 0 Å². The van der Waals surface area contributed by atoms with E-state index >= 15 is 0 Å². The summed E-state index contributed by atoms with van der Waals surface area (Å²) in [5.41, 5.74) is 0.745. The molecule has 2 unspecified atom stereocenters. The molecule has 0 amide bonds. The average Bonchev–Trinajstić information content (AvgIpc) is 3.15. The van der Waals surface area contributed by atoms with Crippen molar-refractivity contribution in [3.05, 3.63) is 29.8 Å². The van der Waals surface area contributed by atoms with Crippen molar-refractivity contribution in [2.45, 2.75) is 37.8 Å². The Hall–Kier alpha value is -1.27. The predicted octanol–water partition coefficient (Wildman–Crippen LogP) is 2.91. The molecule has 2 rings (SSSR count). The minimum Gasteiger partial charge on any atom is -0.406 e. The van der Waals surface area contributed by atoms with Crippen LogP contribution in [0, 0.1) is 5.92 Å². The highest BCUT2D eigenvalue weighted by Crippen LogP contribution is 2.36. The van der Waals surface area contributed by atoms with Gasteiger partial charge in [-0.1, -0.05) is 12.1 Å². The fraction of sp³-hybridized carbons (Fsp3) is 0.571. The second-order valence-corrected chi connectivity index (χ2v) is 5.00. The highest BCUT2D eigenvalue weighted by atomic mass is 19.4. The number of aliphatic hydroxyl groups is 1. The highest BCUT2D eigenvalue weighted by Gasteiger charge is 2.36. The van der Waals surface area contributed by atoms with Crippen LogP contribution in [0.2, 0.25) is 0 Å². The topological polar surface area (TPSA) is 38.7 Å². The van der Waals surface area contributed by atoms with Crippen molar-refractivity contribution in [2.75, 3.05) is 7.11 Å². The maximum absolute atomic E-state index is 12.0. The first-order valence-electron chi connectivity index (χ1n) is 6.44. The summed E-state index contributed by atoms with van der Waals surface area (Å²) in [4.78, 5) is 0. The SMILES string of the molecule is COC(C(O)Cc1ccc(OC(F)(F)F)cc1)C1CC1. The molecule has 20 heavy (non-hydrogen) atoms. The molecule has 0 heterocycles. The molecular weight excluding hydrogens is 273 g/mol. The Morgan fingerprint density at radius 1 is 1.25 bits per heavy atom. The molecule has 1 aliphatic carbocycles. The van der Waals surface area contributed by atoms with Gasteiger partial charge in [0, 0.05) is 13.5 Å². The second kappa shape index (κ2) is 6.01. The first kappa shape index (κ1) is 15.1. The molecule has 1 saturated carbocycles. The summed E-state index contributed by atoms with van der Waals surface area (Å²) >= 11 is 0. The summed E-state index contributed by atoms with van der Waals surface area (Å²) in [6, 6.07) is 5.52. The molecule has 0 bridgehead atoms. The van der Waals surface area contributed by atoms with Crippen LogP contribution in [0.1, 0.15) is 18.4 Å². The molecular formula is C14H17F3O3. The maximum Gasteiger partial charge on any atom is 0.573 e. The molecule has 1 aliphatic rings. The average molecular weight is 290 g/mol. The number of benzene rings is 1. The Morgan fingerprint density at radius 2 is 1.85 bits per heavy atom. The van der Waals surface area contributed by atoms with Gasteiger partial charge in [-0.3, -0.25) is 0 Å². The zero-order valence-electron chi connectivity index (χ0n) is 11.1. The van der Waals surface area contributed by atoms with E-state index < -0.39 is 12.5 Å². The van der Waals surface area contributed by atoms with Crippen LogP contribution in [-0.2, 0) is 11.2 Å². The van der Waals surface area contributed by atoms with Crippen LogP contribution in [0.5, 0.6) is 5.75 Å². The van der Waals surface area contributed by atoms with Crippen molar-refractivity contribution in [3.8, 4) is 5.75 Å². The van der Waals surface area contributed by atoms with Gasteiger partial charge >= 0.3 is 6.36 Å². The van der Waals surface area contributed by atoms with Crippen molar-refractivity contribution < 1.29 is 27.8 Å². The predicted molar refractivity (Wildman–Crippen MR) is 66.4 cm³/mol. The summed E-state index contributed by atoms with van der Waals surface area (Å²) in [5.74, 6) is 0.129. The number of hydrogen-bond acceptors (Lipinski definition) is 3. The number of halogens is 3. The van der Waals surface area contributed by atoms with E-state index in [0.29, 0.717) is 12.3 Å². The van der Waals surface area contributed by atoms with E-state index in [1.807, 2.05) is 0 Å². The van der Waals surface area contributed by atoms with Crippen LogP contribution in [0.4, 0.5) is 13.2 Å². The largest absolute Gasteiger partial charge is 0.573 e. The lowest BCUT2D eigenvalue weighted by Crippen LogP contribution is -2.31. The quantitative estimate of drug-likeness (QED) is 0.875. The number of rotatable bonds is 6. The number of aliphatic hydroxyl groups excluding tert-OH is 1. The monoisotopic (exact) mass is 290 g/mol. The fourth-order valence-corrected chi connectivity index (χ4v) is 2.27. The fourth-order valence-electron chi connectivity index (χ4n) is 2.27. The lowest BCUT2D eigenvalue weighted by molar-refractivity contribution is -0.274. The number of methoxy groups -OCH3 is 1. The van der Waals surface area contributed by atoms with E-state index in [-0.39, 0.29) is 11.9 Å². The van der Waals surface area contributed by atoms with Gasteiger partial charge in [0.2, 0.25) is 0 Å². The molecule has 3 nitrogen and oxygen atoms in total. The molecule has 1 N–H and O–H groups in total. The number of alkyl halides is 3. The van der Waals surface area contributed by atoms with Crippen LogP contribution in [-0.4, -0.2) is 30.8 Å². The Labute approximate surface area is 115 Å². The summed E-state index contributed by atoms with van der Waals surface area (Å²) in [6.45, 7) is 0. The van der Waals surface area contributed by atoms with E-state index in [1.54, 1.807) is 7.11 Å². The van der Waals surface area contributed by atoms with E-state index in [2.05, 4.69) is 4.74 Å². The Kier molecular flexibility index (Phi) is 4.55. The molecule has 1 fully saturated rings. The van der Waals surface area contributed by atoms with Crippen LogP contribution in [0.25, 0.3) is 0 Å². The highest BCUT2D eigenvalue weighted by molar-refractivity contribution is 5.28. The van der Waals surface area contributed by atoms with Gasteiger partial charge in [0.05, 0.1) is 12.2 Å². The number of ether oxygens (including phenoxy) is 2. The minimum absolute atomic E-state index is 0.207. The van der Waals surface area contributed by atoms with Crippen LogP contribution < -0.4 is 4.74 Å². The minimum atomic E-state index is -4.69. The number of hydrogen-bond donors (Lipinski definition) is 1. The van der Waals surface area contributed by atoms with Crippen molar-refractivity contribution in [1.82, 2.24) is 0 Å². The van der Waals surface area contributed by atoms with E-state index in [9.17, 15) is 18.3 Å². The maximum atomic E-state index is 12.0. The van der Waals surface area contributed by atoms with Crippen LogP contribution in [0.3, 0.4) is 0 Å². The standard InChI is InChI=1S/C14H17F3O3/c1-19-13(10-4-5-10)12(18)8-9-2-6-11(7-3-9)20-14(15,16)17/h2-3,6-7,10,12-13,18H,4-5,8H2,1H3. The van der Waals surface area contributed by atoms with E-state index in [0.717, 1.165) is 18.4 Å². The van der Waals surface area contributed by atoms with Crippen molar-refractivity contribution in [1.29, 1.82) is 0 Å². The molecule has 0 aromatic heterocycles. The van der Waals surface area contributed by atoms with Gasteiger partial charge in [0.25, 0.3) is 0 Å². The van der Waals surface area contributed by atoms with E-state index in [1.165, 1.54) is 24.3 Å². The summed E-state index contributed by atoms with van der Waals surface area (Å²) in [5, 5.41) is 10.1. The zero-order valence-corrected chi connectivity index (χ0v) is 11.1. The molecule has 0 radical (unpaired) electrons. The van der Waals surface area contributed by atoms with Gasteiger partial charge in [-0.15, -0.1) is 13.2 Å². The van der Waals surface area contributed by atoms with Gasteiger partial charge in [0.1, 0.15) is 5.75 Å². The van der Waals surface area contributed by atoms with Gasteiger partial charge in [-0.05, 0) is 36.5 Å². The summed E-state index contributed by atoms with van der Waals surface area (Å²) < 4.78 is 45.1. The molecule has 0 spiro atoms. The third-order valence-electron chi connectivity index (χ3n) is 3.34. The molecule has 112 valence electrons. The molecule has 6 heteroatoms. The van der Waals surface area contributed by atoms with Gasteiger partial charge in [-0.2, -0.15) is 0 Å². The van der Waals surface area contributed by atoms with Gasteiger partial charge in [-0.25, -0.2) is 0 Å². The lowest BCUT2D eigenvalue weighted by atomic mass is 10.0. The summed E-state index contributed by atoms with van der Waals surface area (Å²) in [7, 11) is 1.56. The first-order chi connectivity index (χ1) is 9.39. The first-order valence-corrected chi connectivity index (χ1v) is 6.44. The second-order valence-electron chi connectivity index (χ2n) is 5.00. The van der Waals surface area contributed by atoms with E-state index in [4.69, 9.17) is 4.74 Å². The third kappa shape index (κ3) is 4.38. The normalized spacial score (nSPS) is 18.6. The molecule has 1 aromatic rings. The van der Waals surface area contributed by atoms with Crippen LogP contribution >= 0.6 is 0 Å². The molecule has 0 aliphatic heterocycles. The summed E-state index contributed by atoms with van der Waals surface area (Å²) in [6.07, 6.45) is -3.10. The van der Waals surface area contributed by atoms with Crippen LogP contribution in [0.15, 0.2) is 24.3 Å². The Morgan fingerprint density at radius 3 is 2.30 bits per heavy atom. The van der Waals surface area contributed by atoms with Gasteiger partial charge in [0.15, 0.2) is 0 Å². The molecule has 1 aromatic carbocycles. The zero-order chi connectivity index (χ0) is 14.8. The third-order valence-corrected chi connectivity index (χ3v) is 3.34. The Balaban J connectivity index is 1.92. The molecule has 0 saturated heterocycles. The Bertz CT molecular complexity index is 426. The lowest BCUT2D eigenvalue weighted by Gasteiger charge is -2.21. The van der Waals surface area contributed by atoms with Gasteiger partial charge < -0.3 is 14.6 Å².